The molecule has 0 N–H and O–H groups in total. The van der Waals surface area contributed by atoms with Crippen LogP contribution in [0.5, 0.6) is 0 Å². The van der Waals surface area contributed by atoms with Crippen molar-refractivity contribution in [2.45, 2.75) is 0 Å². The van der Waals surface area contributed by atoms with Crippen molar-refractivity contribution in [3.05, 3.63) is 0 Å². The predicted octanol–water partition coefficient (Wildman–Crippen LogP) is -0.767. The third-order valence-corrected chi connectivity index (χ3v) is 0. The summed E-state index contributed by atoms with van der Waals surface area (Å²) in [7, 11) is 0. The molecule has 0 rings (SSSR count). The fourth-order valence-electron chi connectivity index (χ4n) is 0. The minimum Gasteiger partial charge on any atom is -2.00 e. The fourth-order valence-corrected chi connectivity index (χ4v) is 0. The molecule has 0 aliphatic heterocycles. The van der Waals surface area contributed by atoms with Gasteiger partial charge in [0.2, 0.25) is 0 Å². The molecular formula is CdHgTe2. The maximum absolute atomic E-state index is 0. The zero-order valence-electron chi connectivity index (χ0n) is 2.23. The third kappa shape index (κ3) is 9.06. The first-order chi connectivity index (χ1) is 0. The molecule has 0 spiro atoms. The van der Waals surface area contributed by atoms with E-state index in [4.69, 9.17) is 0 Å². The van der Waals surface area contributed by atoms with E-state index in [-0.39, 0.29) is 102 Å². The summed E-state index contributed by atoms with van der Waals surface area (Å²) in [4.78, 5) is 0. The molecule has 0 amide bonds. The van der Waals surface area contributed by atoms with E-state index in [1.165, 1.54) is 0 Å². The predicted molar refractivity (Wildman–Crippen MR) is 11.5 cm³/mol. The Bertz CT molecular complexity index is 6.00. The van der Waals surface area contributed by atoms with Gasteiger partial charge in [-0.25, -0.2) is 0 Å². The first kappa shape index (κ1) is 26.1. The maximum atomic E-state index is 0. The zero-order chi connectivity index (χ0) is 0. The summed E-state index contributed by atoms with van der Waals surface area (Å²) in [5, 5.41) is 0. The van der Waals surface area contributed by atoms with Crippen LogP contribution in [0.2, 0.25) is 0 Å². The minimum atomic E-state index is 0. The molecule has 0 saturated carbocycles. The van der Waals surface area contributed by atoms with E-state index in [0.29, 0.717) is 0 Å². The Morgan fingerprint density at radius 2 is 0.750 bits per heavy atom. The third-order valence-electron chi connectivity index (χ3n) is 0. The number of hydrogen-bond acceptors (Lipinski definition) is 0. The Morgan fingerprint density at radius 3 is 0.750 bits per heavy atom. The number of rotatable bonds is 0. The van der Waals surface area contributed by atoms with Crippen molar-refractivity contribution in [2.24, 2.45) is 0 Å². The van der Waals surface area contributed by atoms with E-state index in [2.05, 4.69) is 0 Å². The van der Waals surface area contributed by atoms with Crippen LogP contribution < -0.4 is 0 Å². The minimum absolute atomic E-state index is 0. The van der Waals surface area contributed by atoms with Crippen molar-refractivity contribution in [3.63, 3.8) is 0 Å². The molecule has 0 aliphatic carbocycles. The van der Waals surface area contributed by atoms with Crippen molar-refractivity contribution in [3.8, 4) is 0 Å². The van der Waals surface area contributed by atoms with Gasteiger partial charge in [-0.15, -0.1) is 0 Å². The SMILES string of the molecule is [Cd+2].[Hg+2].[Te-2].[Te-2]. The summed E-state index contributed by atoms with van der Waals surface area (Å²) in [5.41, 5.74) is 0. The van der Waals surface area contributed by atoms with Gasteiger partial charge in [0.25, 0.3) is 0 Å². The molecule has 0 aromatic heterocycles. The summed E-state index contributed by atoms with van der Waals surface area (Å²) in [6, 6.07) is 0. The van der Waals surface area contributed by atoms with Crippen molar-refractivity contribution in [2.75, 3.05) is 0 Å². The average molecular weight is 568 g/mol. The first-order valence-electron chi connectivity index (χ1n) is 0. The summed E-state index contributed by atoms with van der Waals surface area (Å²) < 4.78 is 0. The molecule has 0 heterocycles. The molecular weight excluding hydrogens is 568 g/mol. The maximum Gasteiger partial charge on any atom is 2.00 e. The van der Waals surface area contributed by atoms with Gasteiger partial charge >= 0.3 is 55.0 Å². The van der Waals surface area contributed by atoms with Gasteiger partial charge in [-0.3, -0.25) is 0 Å². The number of hydrogen-bond donors (Lipinski definition) is 0. The Hall–Kier alpha value is 3.44. The second-order valence-electron chi connectivity index (χ2n) is 0. The normalized spacial score (nSPS) is 0. The summed E-state index contributed by atoms with van der Waals surface area (Å²) in [6.07, 6.45) is 0. The van der Waals surface area contributed by atoms with Gasteiger partial charge in [0, 0.05) is 0 Å². The molecule has 4 heavy (non-hydrogen) atoms. The van der Waals surface area contributed by atoms with Crippen LogP contribution in [0.25, 0.3) is 0 Å². The molecule has 0 aromatic rings. The van der Waals surface area contributed by atoms with Crippen LogP contribution in [-0.2, 0) is 55.0 Å². The van der Waals surface area contributed by atoms with Crippen LogP contribution in [0.1, 0.15) is 0 Å². The molecule has 0 radical (unpaired) electrons. The van der Waals surface area contributed by atoms with Gasteiger partial charge in [-0.1, -0.05) is 0 Å². The van der Waals surface area contributed by atoms with E-state index in [9.17, 15) is 0 Å². The molecule has 4 heteroatoms. The van der Waals surface area contributed by atoms with Gasteiger partial charge < -0.3 is 47.3 Å². The van der Waals surface area contributed by atoms with Gasteiger partial charge in [0.15, 0.2) is 0 Å². The van der Waals surface area contributed by atoms with E-state index >= 15 is 0 Å². The zero-order valence-corrected chi connectivity index (χ0v) is 16.4. The van der Waals surface area contributed by atoms with Gasteiger partial charge in [0.05, 0.1) is 0 Å². The smallest absolute Gasteiger partial charge is 2.00 e. The Kier molecular flexibility index (Phi) is 105. The van der Waals surface area contributed by atoms with Crippen LogP contribution >= 0.6 is 0 Å². The summed E-state index contributed by atoms with van der Waals surface area (Å²) in [5.74, 6) is 0. The molecule has 16 valence electrons. The Labute approximate surface area is 100.0 Å². The molecule has 0 fully saturated rings. The molecule has 0 nitrogen and oxygen atoms in total. The second kappa shape index (κ2) is 16.1. The quantitative estimate of drug-likeness (QED) is 0.338. The topological polar surface area (TPSA) is 0 Å². The van der Waals surface area contributed by atoms with Crippen molar-refractivity contribution in [1.82, 2.24) is 0 Å². The van der Waals surface area contributed by atoms with Crippen molar-refractivity contribution in [1.29, 1.82) is 0 Å². The molecule has 0 unspecified atom stereocenters. The van der Waals surface area contributed by atoms with E-state index in [1.807, 2.05) is 0 Å². The standard InChI is InChI=1S/Cd.Hg.2Te/q2*+2;2*-2. The monoisotopic (exact) mass is 576 g/mol. The van der Waals surface area contributed by atoms with Gasteiger partial charge in [-0.05, 0) is 0 Å². The molecule has 0 saturated heterocycles. The van der Waals surface area contributed by atoms with Crippen molar-refractivity contribution < 1.29 is 55.0 Å². The van der Waals surface area contributed by atoms with Gasteiger partial charge in [-0.2, -0.15) is 0 Å². The van der Waals surface area contributed by atoms with E-state index in [1.54, 1.807) is 0 Å². The molecule has 0 aliphatic rings. The largest absolute Gasteiger partial charge is 2.00 e. The van der Waals surface area contributed by atoms with Crippen LogP contribution in [0, 0.1) is 0 Å². The van der Waals surface area contributed by atoms with E-state index < -0.39 is 0 Å². The first-order valence-corrected chi connectivity index (χ1v) is 0. The summed E-state index contributed by atoms with van der Waals surface area (Å²) in [6.45, 7) is 0. The van der Waals surface area contributed by atoms with Crippen LogP contribution in [0.3, 0.4) is 0 Å². The molecule has 0 aromatic carbocycles. The second-order valence-corrected chi connectivity index (χ2v) is 0. The summed E-state index contributed by atoms with van der Waals surface area (Å²) >= 11 is 0. The molecule has 0 atom stereocenters. The Morgan fingerprint density at radius 1 is 0.750 bits per heavy atom. The van der Waals surface area contributed by atoms with Crippen LogP contribution in [-0.4, -0.2) is 47.3 Å². The van der Waals surface area contributed by atoms with Crippen LogP contribution in [0.4, 0.5) is 0 Å². The van der Waals surface area contributed by atoms with Crippen LogP contribution in [0.15, 0.2) is 0 Å². The van der Waals surface area contributed by atoms with E-state index in [0.717, 1.165) is 0 Å². The molecule has 0 bridgehead atoms. The van der Waals surface area contributed by atoms with Gasteiger partial charge in [0.1, 0.15) is 0 Å². The van der Waals surface area contributed by atoms with Crippen molar-refractivity contribution >= 4 is 47.3 Å². The Balaban J connectivity index is 0. The average Bonchev–Trinajstić information content (AvgIpc) is 0. The fraction of sp³-hybridized carbons (Fsp3) is 0.